The molecule has 150 valence electrons. The van der Waals surface area contributed by atoms with Gasteiger partial charge < -0.3 is 0 Å². The van der Waals surface area contributed by atoms with E-state index >= 15 is 0 Å². The summed E-state index contributed by atoms with van der Waals surface area (Å²) in [4.78, 5) is 17.4. The summed E-state index contributed by atoms with van der Waals surface area (Å²) < 4.78 is 15.2. The highest BCUT2D eigenvalue weighted by Crippen LogP contribution is 2.35. The number of hydrogen-bond acceptors (Lipinski definition) is 3. The van der Waals surface area contributed by atoms with Crippen molar-refractivity contribution in [3.8, 4) is 22.4 Å². The second kappa shape index (κ2) is 7.61. The minimum atomic E-state index is -0.312. The lowest BCUT2D eigenvalue weighted by molar-refractivity contribution is 0.103. The van der Waals surface area contributed by atoms with Crippen LogP contribution in [0, 0.1) is 12.7 Å². The lowest BCUT2D eigenvalue weighted by atomic mass is 10.00. The Balaban J connectivity index is 1.78. The Bertz CT molecular complexity index is 1410. The molecule has 0 spiro atoms. The van der Waals surface area contributed by atoms with Crippen LogP contribution in [-0.2, 0) is 0 Å². The van der Waals surface area contributed by atoms with E-state index in [4.69, 9.17) is 5.10 Å². The molecule has 0 aliphatic rings. The van der Waals surface area contributed by atoms with E-state index in [9.17, 15) is 9.18 Å². The maximum atomic E-state index is 13.5. The summed E-state index contributed by atoms with van der Waals surface area (Å²) in [6, 6.07) is 23.1. The standard InChI is InChI=1S/C26H18FN3O/c1-17-4-2-5-20(16-17)26(31)23-7-3-6-22-24(18-12-14-28-15-13-18)25(29-30(22)23)19-8-10-21(27)11-9-19/h2-16H,1H3. The maximum absolute atomic E-state index is 13.5. The van der Waals surface area contributed by atoms with Crippen molar-refractivity contribution in [3.63, 3.8) is 0 Å². The van der Waals surface area contributed by atoms with Gasteiger partial charge in [-0.25, -0.2) is 8.91 Å². The number of halogens is 1. The molecule has 3 aromatic heterocycles. The fourth-order valence-electron chi connectivity index (χ4n) is 3.79. The molecule has 5 rings (SSSR count). The van der Waals surface area contributed by atoms with Crippen molar-refractivity contribution in [2.24, 2.45) is 0 Å². The van der Waals surface area contributed by atoms with Crippen LogP contribution in [0.3, 0.4) is 0 Å². The van der Waals surface area contributed by atoms with E-state index in [1.165, 1.54) is 12.1 Å². The predicted molar refractivity (Wildman–Crippen MR) is 118 cm³/mol. The minimum absolute atomic E-state index is 0.108. The fourth-order valence-corrected chi connectivity index (χ4v) is 3.79. The molecule has 0 unspecified atom stereocenters. The summed E-state index contributed by atoms with van der Waals surface area (Å²) in [7, 11) is 0. The van der Waals surface area contributed by atoms with Crippen molar-refractivity contribution in [1.82, 2.24) is 14.6 Å². The molecular weight excluding hydrogens is 389 g/mol. The van der Waals surface area contributed by atoms with E-state index in [2.05, 4.69) is 4.98 Å². The van der Waals surface area contributed by atoms with Crippen LogP contribution in [0.15, 0.2) is 91.3 Å². The Labute approximate surface area is 178 Å². The third-order valence-corrected chi connectivity index (χ3v) is 5.26. The molecule has 0 aliphatic carbocycles. The van der Waals surface area contributed by atoms with Gasteiger partial charge in [0, 0.05) is 29.1 Å². The van der Waals surface area contributed by atoms with Gasteiger partial charge in [-0.15, -0.1) is 0 Å². The quantitative estimate of drug-likeness (QED) is 0.357. The second-order valence-corrected chi connectivity index (χ2v) is 7.37. The molecule has 0 amide bonds. The van der Waals surface area contributed by atoms with Gasteiger partial charge in [0.2, 0.25) is 5.78 Å². The molecule has 2 aromatic carbocycles. The van der Waals surface area contributed by atoms with E-state index in [1.54, 1.807) is 35.1 Å². The number of nitrogens with zero attached hydrogens (tertiary/aromatic N) is 3. The number of carbonyl (C=O) groups is 1. The number of carbonyl (C=O) groups excluding carboxylic acids is 1. The molecule has 5 heteroatoms. The molecule has 5 aromatic rings. The van der Waals surface area contributed by atoms with Gasteiger partial charge in [-0.2, -0.15) is 5.10 Å². The first-order valence-corrected chi connectivity index (χ1v) is 9.91. The lowest BCUT2D eigenvalue weighted by Crippen LogP contribution is -2.08. The Hall–Kier alpha value is -4.12. The molecule has 31 heavy (non-hydrogen) atoms. The zero-order valence-electron chi connectivity index (χ0n) is 16.8. The van der Waals surface area contributed by atoms with Gasteiger partial charge in [-0.05, 0) is 67.1 Å². The number of fused-ring (bicyclic) bond motifs is 1. The molecule has 4 nitrogen and oxygen atoms in total. The molecule has 0 saturated heterocycles. The third-order valence-electron chi connectivity index (χ3n) is 5.26. The summed E-state index contributed by atoms with van der Waals surface area (Å²) in [5, 5.41) is 4.81. The predicted octanol–water partition coefficient (Wildman–Crippen LogP) is 5.74. The molecule has 0 saturated carbocycles. The maximum Gasteiger partial charge on any atom is 0.211 e. The van der Waals surface area contributed by atoms with Crippen molar-refractivity contribution in [2.45, 2.75) is 6.92 Å². The largest absolute Gasteiger partial charge is 0.287 e. The number of hydrogen-bond donors (Lipinski definition) is 0. The first-order valence-electron chi connectivity index (χ1n) is 9.91. The van der Waals surface area contributed by atoms with Crippen molar-refractivity contribution >= 4 is 11.3 Å². The smallest absolute Gasteiger partial charge is 0.211 e. The van der Waals surface area contributed by atoms with Crippen LogP contribution in [0.4, 0.5) is 4.39 Å². The van der Waals surface area contributed by atoms with Crippen LogP contribution in [-0.4, -0.2) is 20.4 Å². The topological polar surface area (TPSA) is 47.3 Å². The van der Waals surface area contributed by atoms with Crippen LogP contribution in [0.5, 0.6) is 0 Å². The molecule has 3 heterocycles. The van der Waals surface area contributed by atoms with Gasteiger partial charge in [-0.3, -0.25) is 9.78 Å². The van der Waals surface area contributed by atoms with E-state index < -0.39 is 0 Å². The van der Waals surface area contributed by atoms with Crippen LogP contribution in [0.25, 0.3) is 27.9 Å². The van der Waals surface area contributed by atoms with Crippen LogP contribution >= 0.6 is 0 Å². The van der Waals surface area contributed by atoms with Crippen LogP contribution in [0.1, 0.15) is 21.6 Å². The lowest BCUT2D eigenvalue weighted by Gasteiger charge is -2.06. The Morgan fingerprint density at radius 2 is 1.61 bits per heavy atom. The molecule has 0 atom stereocenters. The zero-order chi connectivity index (χ0) is 21.4. The average molecular weight is 407 g/mol. The number of rotatable bonds is 4. The van der Waals surface area contributed by atoms with Gasteiger partial charge in [-0.1, -0.05) is 29.8 Å². The normalized spacial score (nSPS) is 11.0. The van der Waals surface area contributed by atoms with Crippen LogP contribution < -0.4 is 0 Å². The minimum Gasteiger partial charge on any atom is -0.287 e. The summed E-state index contributed by atoms with van der Waals surface area (Å²) in [5.41, 5.74) is 6.12. The van der Waals surface area contributed by atoms with Crippen molar-refractivity contribution < 1.29 is 9.18 Å². The Kier molecular flexibility index (Phi) is 4.64. The molecule has 0 N–H and O–H groups in total. The summed E-state index contributed by atoms with van der Waals surface area (Å²) in [6.07, 6.45) is 3.43. The monoisotopic (exact) mass is 407 g/mol. The molecule has 0 aliphatic heterocycles. The first-order chi connectivity index (χ1) is 15.1. The number of pyridine rings is 2. The zero-order valence-corrected chi connectivity index (χ0v) is 16.8. The van der Waals surface area contributed by atoms with E-state index in [0.29, 0.717) is 17.0 Å². The summed E-state index contributed by atoms with van der Waals surface area (Å²) in [5.74, 6) is -0.419. The van der Waals surface area contributed by atoms with E-state index in [1.807, 2.05) is 55.5 Å². The highest BCUT2D eigenvalue weighted by Gasteiger charge is 2.21. The molecular formula is C26H18FN3O. The summed E-state index contributed by atoms with van der Waals surface area (Å²) >= 11 is 0. The van der Waals surface area contributed by atoms with Crippen molar-refractivity contribution in [1.29, 1.82) is 0 Å². The number of benzene rings is 2. The molecule has 0 bridgehead atoms. The van der Waals surface area contributed by atoms with E-state index in [-0.39, 0.29) is 11.6 Å². The highest BCUT2D eigenvalue weighted by molar-refractivity contribution is 6.09. The van der Waals surface area contributed by atoms with Crippen molar-refractivity contribution in [2.75, 3.05) is 0 Å². The number of aromatic nitrogens is 3. The molecule has 0 fully saturated rings. The second-order valence-electron chi connectivity index (χ2n) is 7.37. The number of aryl methyl sites for hydroxylation is 1. The molecule has 0 radical (unpaired) electrons. The Morgan fingerprint density at radius 1 is 0.871 bits per heavy atom. The van der Waals surface area contributed by atoms with Gasteiger partial charge >= 0.3 is 0 Å². The third kappa shape index (κ3) is 3.40. The summed E-state index contributed by atoms with van der Waals surface area (Å²) in [6.45, 7) is 1.96. The van der Waals surface area contributed by atoms with Crippen molar-refractivity contribution in [3.05, 3.63) is 114 Å². The number of ketones is 1. The highest BCUT2D eigenvalue weighted by atomic mass is 19.1. The fraction of sp³-hybridized carbons (Fsp3) is 0.0385. The van der Waals surface area contributed by atoms with Gasteiger partial charge in [0.15, 0.2) is 0 Å². The average Bonchev–Trinajstić information content (AvgIpc) is 3.19. The van der Waals surface area contributed by atoms with E-state index in [0.717, 1.165) is 27.8 Å². The van der Waals surface area contributed by atoms with Crippen LogP contribution in [0.2, 0.25) is 0 Å². The van der Waals surface area contributed by atoms with Gasteiger partial charge in [0.25, 0.3) is 0 Å². The first kappa shape index (κ1) is 18.9. The SMILES string of the molecule is Cc1cccc(C(=O)c2cccc3c(-c4ccncc4)c(-c4ccc(F)cc4)nn23)c1. The Morgan fingerprint density at radius 3 is 2.35 bits per heavy atom. The van der Waals surface area contributed by atoms with Gasteiger partial charge in [0.1, 0.15) is 17.2 Å². The van der Waals surface area contributed by atoms with Gasteiger partial charge in [0.05, 0.1) is 5.52 Å².